The molecule has 2 amide bonds. The Morgan fingerprint density at radius 2 is 1.88 bits per heavy atom. The molecule has 132 valence electrons. The van der Waals surface area contributed by atoms with Crippen molar-refractivity contribution >= 4 is 11.8 Å². The van der Waals surface area contributed by atoms with E-state index in [0.717, 1.165) is 11.1 Å². The lowest BCUT2D eigenvalue weighted by Gasteiger charge is -2.10. The van der Waals surface area contributed by atoms with Gasteiger partial charge in [0.15, 0.2) is 0 Å². The Bertz CT molecular complexity index is 729. The second kappa shape index (κ2) is 8.84. The van der Waals surface area contributed by atoms with Crippen LogP contribution in [0.15, 0.2) is 58.7 Å². The van der Waals surface area contributed by atoms with Crippen LogP contribution in [0.5, 0.6) is 0 Å². The first kappa shape index (κ1) is 18.5. The molecule has 6 nitrogen and oxygen atoms in total. The van der Waals surface area contributed by atoms with Gasteiger partial charge in [0.25, 0.3) is 5.91 Å². The summed E-state index contributed by atoms with van der Waals surface area (Å²) in [5.41, 5.74) is 2.30. The zero-order chi connectivity index (χ0) is 18.2. The maximum Gasteiger partial charge on any atom is 0.251 e. The van der Waals surface area contributed by atoms with E-state index in [2.05, 4.69) is 10.6 Å². The number of benzene rings is 1. The number of hydrogen-bond donors (Lipinski definition) is 3. The van der Waals surface area contributed by atoms with Crippen LogP contribution in [0.4, 0.5) is 0 Å². The molecule has 6 heteroatoms. The summed E-state index contributed by atoms with van der Waals surface area (Å²) in [4.78, 5) is 23.7. The summed E-state index contributed by atoms with van der Waals surface area (Å²) >= 11 is 0. The van der Waals surface area contributed by atoms with E-state index in [0.29, 0.717) is 17.9 Å². The van der Waals surface area contributed by atoms with Crippen LogP contribution in [-0.2, 0) is 11.3 Å². The second-order valence-corrected chi connectivity index (χ2v) is 5.88. The van der Waals surface area contributed by atoms with Crippen molar-refractivity contribution in [3.63, 3.8) is 0 Å². The average molecular weight is 342 g/mol. The SMILES string of the molecule is CC(C)=CC(=O)NCc1ccc(C(=O)NCC(O)c2ccco2)cc1. The van der Waals surface area contributed by atoms with E-state index >= 15 is 0 Å². The standard InChI is InChI=1S/C19H22N2O4/c1-13(2)10-18(23)20-11-14-5-7-15(8-6-14)19(24)21-12-16(22)17-4-3-9-25-17/h3-10,16,22H,11-12H2,1-2H3,(H,20,23)(H,21,24). The van der Waals surface area contributed by atoms with Crippen molar-refractivity contribution in [2.24, 2.45) is 0 Å². The van der Waals surface area contributed by atoms with Gasteiger partial charge in [-0.05, 0) is 43.7 Å². The van der Waals surface area contributed by atoms with E-state index in [-0.39, 0.29) is 18.4 Å². The summed E-state index contributed by atoms with van der Waals surface area (Å²) in [6.07, 6.45) is 2.12. The number of rotatable bonds is 7. The van der Waals surface area contributed by atoms with Gasteiger partial charge in [0.1, 0.15) is 11.9 Å². The fourth-order valence-corrected chi connectivity index (χ4v) is 2.15. The molecule has 1 aromatic heterocycles. The van der Waals surface area contributed by atoms with Crippen molar-refractivity contribution in [2.45, 2.75) is 26.5 Å². The molecule has 1 heterocycles. The van der Waals surface area contributed by atoms with Gasteiger partial charge >= 0.3 is 0 Å². The molecule has 0 aliphatic rings. The third-order valence-corrected chi connectivity index (χ3v) is 3.43. The van der Waals surface area contributed by atoms with Crippen molar-refractivity contribution in [3.05, 3.63) is 71.2 Å². The fraction of sp³-hybridized carbons (Fsp3) is 0.263. The Hall–Kier alpha value is -2.86. The van der Waals surface area contributed by atoms with Gasteiger partial charge in [-0.1, -0.05) is 17.7 Å². The van der Waals surface area contributed by atoms with Gasteiger partial charge in [0, 0.05) is 18.2 Å². The molecule has 25 heavy (non-hydrogen) atoms. The first-order valence-corrected chi connectivity index (χ1v) is 7.97. The quantitative estimate of drug-likeness (QED) is 0.674. The monoisotopic (exact) mass is 342 g/mol. The fourth-order valence-electron chi connectivity index (χ4n) is 2.15. The summed E-state index contributed by atoms with van der Waals surface area (Å²) < 4.78 is 5.08. The Morgan fingerprint density at radius 1 is 1.16 bits per heavy atom. The van der Waals surface area contributed by atoms with E-state index in [9.17, 15) is 14.7 Å². The highest BCUT2D eigenvalue weighted by Gasteiger charge is 2.12. The zero-order valence-corrected chi connectivity index (χ0v) is 14.3. The van der Waals surface area contributed by atoms with Crippen LogP contribution in [0, 0.1) is 0 Å². The molecule has 0 bridgehead atoms. The van der Waals surface area contributed by atoms with Crippen molar-refractivity contribution in [1.29, 1.82) is 0 Å². The number of nitrogens with one attached hydrogen (secondary N) is 2. The Kier molecular flexibility index (Phi) is 6.54. The molecule has 1 unspecified atom stereocenters. The molecular formula is C19H22N2O4. The third-order valence-electron chi connectivity index (χ3n) is 3.43. The molecular weight excluding hydrogens is 320 g/mol. The molecule has 0 spiro atoms. The molecule has 1 atom stereocenters. The highest BCUT2D eigenvalue weighted by molar-refractivity contribution is 5.94. The van der Waals surface area contributed by atoms with Crippen LogP contribution >= 0.6 is 0 Å². The van der Waals surface area contributed by atoms with E-state index in [1.807, 2.05) is 13.8 Å². The molecule has 0 saturated heterocycles. The number of allylic oxidation sites excluding steroid dienone is 1. The minimum Gasteiger partial charge on any atom is -0.467 e. The number of amides is 2. The van der Waals surface area contributed by atoms with Crippen LogP contribution in [0.3, 0.4) is 0 Å². The lowest BCUT2D eigenvalue weighted by molar-refractivity contribution is -0.116. The number of furan rings is 1. The molecule has 3 N–H and O–H groups in total. The summed E-state index contributed by atoms with van der Waals surface area (Å²) in [6.45, 7) is 4.17. The Balaban J connectivity index is 1.83. The highest BCUT2D eigenvalue weighted by atomic mass is 16.4. The van der Waals surface area contributed by atoms with Gasteiger partial charge in [0.2, 0.25) is 5.91 Å². The molecule has 2 aromatic rings. The lowest BCUT2D eigenvalue weighted by Crippen LogP contribution is -2.28. The normalized spacial score (nSPS) is 11.5. The van der Waals surface area contributed by atoms with Gasteiger partial charge in [0.05, 0.1) is 12.8 Å². The van der Waals surface area contributed by atoms with Gasteiger partial charge < -0.3 is 20.2 Å². The van der Waals surface area contributed by atoms with Crippen molar-refractivity contribution in [1.82, 2.24) is 10.6 Å². The summed E-state index contributed by atoms with van der Waals surface area (Å²) in [5, 5.41) is 15.3. The van der Waals surface area contributed by atoms with Gasteiger partial charge in [-0.25, -0.2) is 0 Å². The number of aliphatic hydroxyl groups is 1. The van der Waals surface area contributed by atoms with E-state index in [4.69, 9.17) is 4.42 Å². The van der Waals surface area contributed by atoms with Crippen LogP contribution in [0.1, 0.15) is 41.6 Å². The van der Waals surface area contributed by atoms with Crippen LogP contribution in [-0.4, -0.2) is 23.5 Å². The highest BCUT2D eigenvalue weighted by Crippen LogP contribution is 2.12. The predicted molar refractivity (Wildman–Crippen MR) is 93.7 cm³/mol. The number of hydrogen-bond acceptors (Lipinski definition) is 4. The lowest BCUT2D eigenvalue weighted by atomic mass is 10.1. The number of aliphatic hydroxyl groups excluding tert-OH is 1. The minimum atomic E-state index is -0.886. The van der Waals surface area contributed by atoms with Crippen molar-refractivity contribution in [3.8, 4) is 0 Å². The van der Waals surface area contributed by atoms with Gasteiger partial charge in [-0.2, -0.15) is 0 Å². The number of carbonyl (C=O) groups is 2. The summed E-state index contributed by atoms with van der Waals surface area (Å²) in [7, 11) is 0. The molecule has 2 rings (SSSR count). The molecule has 0 saturated carbocycles. The van der Waals surface area contributed by atoms with Gasteiger partial charge in [-0.15, -0.1) is 0 Å². The summed E-state index contributed by atoms with van der Waals surface area (Å²) in [5.74, 6) is -0.0257. The molecule has 0 radical (unpaired) electrons. The Morgan fingerprint density at radius 3 is 2.48 bits per heavy atom. The zero-order valence-electron chi connectivity index (χ0n) is 14.3. The molecule has 1 aromatic carbocycles. The third kappa shape index (κ3) is 5.93. The first-order valence-electron chi connectivity index (χ1n) is 7.97. The maximum absolute atomic E-state index is 12.1. The number of carbonyl (C=O) groups excluding carboxylic acids is 2. The van der Waals surface area contributed by atoms with Gasteiger partial charge in [-0.3, -0.25) is 9.59 Å². The topological polar surface area (TPSA) is 91.6 Å². The molecule has 0 aliphatic heterocycles. The van der Waals surface area contributed by atoms with E-state index in [1.165, 1.54) is 12.3 Å². The van der Waals surface area contributed by atoms with Crippen LogP contribution in [0.2, 0.25) is 0 Å². The predicted octanol–water partition coefficient (Wildman–Crippen LogP) is 2.33. The van der Waals surface area contributed by atoms with E-state index < -0.39 is 6.10 Å². The minimum absolute atomic E-state index is 0.0624. The largest absolute Gasteiger partial charge is 0.467 e. The maximum atomic E-state index is 12.1. The average Bonchev–Trinajstić information content (AvgIpc) is 3.12. The van der Waals surface area contributed by atoms with E-state index in [1.54, 1.807) is 36.4 Å². The molecule has 0 aliphatic carbocycles. The van der Waals surface area contributed by atoms with Crippen molar-refractivity contribution in [2.75, 3.05) is 6.54 Å². The first-order chi connectivity index (χ1) is 12.0. The smallest absolute Gasteiger partial charge is 0.251 e. The van der Waals surface area contributed by atoms with Crippen LogP contribution < -0.4 is 10.6 Å². The summed E-state index contributed by atoms with van der Waals surface area (Å²) in [6, 6.07) is 10.2. The Labute approximate surface area is 146 Å². The second-order valence-electron chi connectivity index (χ2n) is 5.88. The van der Waals surface area contributed by atoms with Crippen molar-refractivity contribution < 1.29 is 19.1 Å². The van der Waals surface area contributed by atoms with Crippen LogP contribution in [0.25, 0.3) is 0 Å². The molecule has 0 fully saturated rings.